The zero-order chi connectivity index (χ0) is 50.4. The summed E-state index contributed by atoms with van der Waals surface area (Å²) in [7, 11) is 0. The second kappa shape index (κ2) is 18.3. The van der Waals surface area contributed by atoms with Crippen LogP contribution >= 0.6 is 0 Å². The van der Waals surface area contributed by atoms with Gasteiger partial charge in [0.25, 0.3) is 0 Å². The molecule has 0 atom stereocenters. The van der Waals surface area contributed by atoms with Gasteiger partial charge in [0, 0.05) is 38.6 Å². The van der Waals surface area contributed by atoms with Crippen LogP contribution in [0, 0.1) is 22.7 Å². The molecular formula is C62H35F6N5. The van der Waals surface area contributed by atoms with Crippen LogP contribution < -0.4 is 0 Å². The number of hydrogen-bond donors (Lipinski definition) is 0. The Hall–Kier alpha value is -9.58. The van der Waals surface area contributed by atoms with Crippen LogP contribution in [0.4, 0.5) is 26.3 Å². The number of hydrogen-bond acceptors (Lipinski definition) is 4. The van der Waals surface area contributed by atoms with Crippen molar-refractivity contribution < 1.29 is 26.3 Å². The van der Waals surface area contributed by atoms with E-state index in [1.54, 1.807) is 36.4 Å². The number of benzene rings is 9. The van der Waals surface area contributed by atoms with E-state index in [-0.39, 0.29) is 5.82 Å². The van der Waals surface area contributed by atoms with E-state index in [4.69, 9.17) is 9.97 Å². The lowest BCUT2D eigenvalue weighted by molar-refractivity contribution is -0.138. The lowest BCUT2D eigenvalue weighted by atomic mass is 9.91. The van der Waals surface area contributed by atoms with Gasteiger partial charge in [0.1, 0.15) is 0 Å². The van der Waals surface area contributed by atoms with Crippen molar-refractivity contribution in [1.29, 1.82) is 10.5 Å². The van der Waals surface area contributed by atoms with Gasteiger partial charge in [-0.25, -0.2) is 9.97 Å². The first-order valence-electron chi connectivity index (χ1n) is 23.0. The van der Waals surface area contributed by atoms with Crippen LogP contribution in [0.5, 0.6) is 0 Å². The van der Waals surface area contributed by atoms with Gasteiger partial charge in [0.2, 0.25) is 0 Å². The molecule has 0 spiro atoms. The number of halogens is 6. The normalized spacial score (nSPS) is 11.7. The van der Waals surface area contributed by atoms with Crippen LogP contribution in [0.15, 0.2) is 212 Å². The average molecular weight is 964 g/mol. The summed E-state index contributed by atoms with van der Waals surface area (Å²) in [5, 5.41) is 21.1. The van der Waals surface area contributed by atoms with E-state index in [1.807, 2.05) is 132 Å². The van der Waals surface area contributed by atoms with Crippen molar-refractivity contribution in [3.05, 3.63) is 235 Å². The maximum absolute atomic E-state index is 14.3. The zero-order valence-electron chi connectivity index (χ0n) is 38.2. The first-order chi connectivity index (χ1) is 35.3. The quantitative estimate of drug-likeness (QED) is 0.142. The van der Waals surface area contributed by atoms with Crippen molar-refractivity contribution in [1.82, 2.24) is 14.5 Å². The molecule has 0 saturated heterocycles. The van der Waals surface area contributed by atoms with E-state index in [1.165, 1.54) is 24.3 Å². The van der Waals surface area contributed by atoms with Gasteiger partial charge in [-0.3, -0.25) is 0 Å². The second-order valence-corrected chi connectivity index (χ2v) is 17.4. The van der Waals surface area contributed by atoms with Crippen LogP contribution in [0.25, 0.3) is 106 Å². The highest BCUT2D eigenvalue weighted by atomic mass is 19.4. The molecule has 0 fully saturated rings. The van der Waals surface area contributed by atoms with E-state index in [2.05, 4.69) is 12.1 Å². The van der Waals surface area contributed by atoms with Crippen LogP contribution in [0.3, 0.4) is 0 Å². The highest BCUT2D eigenvalue weighted by Gasteiger charge is 2.32. The predicted molar refractivity (Wildman–Crippen MR) is 274 cm³/mol. The molecule has 73 heavy (non-hydrogen) atoms. The summed E-state index contributed by atoms with van der Waals surface area (Å²) in [6, 6.07) is 64.8. The minimum Gasteiger partial charge on any atom is -0.308 e. The van der Waals surface area contributed by atoms with E-state index >= 15 is 0 Å². The van der Waals surface area contributed by atoms with Gasteiger partial charge < -0.3 is 4.57 Å². The van der Waals surface area contributed by atoms with Crippen molar-refractivity contribution in [2.45, 2.75) is 12.4 Å². The SMILES string of the molecule is N#Cc1cccc(-c2ccc3c(c2)c2cc(-c4cccc(C#N)c4)ccc2n3-c2c(-c3ccc(C(F)(F)F)cc3)cc(-c3nc(-c4ccccc4)cc(-c4ccccc4)n3)cc2-c2ccc(C(F)(F)F)cc2)c1. The molecule has 2 heterocycles. The molecule has 11 heteroatoms. The Morgan fingerprint density at radius 2 is 0.740 bits per heavy atom. The lowest BCUT2D eigenvalue weighted by Gasteiger charge is -2.22. The fourth-order valence-electron chi connectivity index (χ4n) is 9.37. The third kappa shape index (κ3) is 8.85. The van der Waals surface area contributed by atoms with E-state index in [9.17, 15) is 36.9 Å². The second-order valence-electron chi connectivity index (χ2n) is 17.4. The smallest absolute Gasteiger partial charge is 0.308 e. The number of aromatic nitrogens is 3. The van der Waals surface area contributed by atoms with Gasteiger partial charge >= 0.3 is 12.4 Å². The molecular weight excluding hydrogens is 929 g/mol. The van der Waals surface area contributed by atoms with Gasteiger partial charge in [0.15, 0.2) is 5.82 Å². The monoisotopic (exact) mass is 963 g/mol. The third-order valence-electron chi connectivity index (χ3n) is 12.9. The van der Waals surface area contributed by atoms with Crippen LogP contribution in [-0.4, -0.2) is 14.5 Å². The molecule has 0 N–H and O–H groups in total. The molecule has 5 nitrogen and oxygen atoms in total. The van der Waals surface area contributed by atoms with Crippen molar-refractivity contribution in [3.63, 3.8) is 0 Å². The lowest BCUT2D eigenvalue weighted by Crippen LogP contribution is -2.06. The molecule has 0 aliphatic rings. The first-order valence-corrected chi connectivity index (χ1v) is 23.0. The minimum atomic E-state index is -4.64. The van der Waals surface area contributed by atoms with Crippen molar-refractivity contribution >= 4 is 21.8 Å². The highest BCUT2D eigenvalue weighted by molar-refractivity contribution is 6.13. The van der Waals surface area contributed by atoms with Gasteiger partial charge in [-0.15, -0.1) is 0 Å². The van der Waals surface area contributed by atoms with E-state index in [0.717, 1.165) is 68.4 Å². The molecule has 350 valence electrons. The Morgan fingerprint density at radius 3 is 1.14 bits per heavy atom. The Labute approximate surface area is 414 Å². The van der Waals surface area contributed by atoms with Crippen molar-refractivity contribution in [2.75, 3.05) is 0 Å². The summed E-state index contributed by atoms with van der Waals surface area (Å²) in [5.74, 6) is 0.267. The molecule has 0 saturated carbocycles. The predicted octanol–water partition coefficient (Wildman–Crippen LogP) is 17.0. The average Bonchev–Trinajstić information content (AvgIpc) is 3.75. The van der Waals surface area contributed by atoms with Gasteiger partial charge in [-0.2, -0.15) is 36.9 Å². The Morgan fingerprint density at radius 1 is 0.356 bits per heavy atom. The molecule has 2 aromatic heterocycles. The molecule has 0 aliphatic carbocycles. The summed E-state index contributed by atoms with van der Waals surface area (Å²) >= 11 is 0. The number of nitrogens with zero attached hydrogens (tertiary/aromatic N) is 5. The molecule has 0 radical (unpaired) electrons. The van der Waals surface area contributed by atoms with Crippen molar-refractivity contribution in [3.8, 4) is 96.2 Å². The molecule has 11 rings (SSSR count). The van der Waals surface area contributed by atoms with Crippen LogP contribution in [-0.2, 0) is 12.4 Å². The van der Waals surface area contributed by atoms with Crippen molar-refractivity contribution in [2.24, 2.45) is 0 Å². The summed E-state index contributed by atoms with van der Waals surface area (Å²) in [6.07, 6.45) is -9.29. The number of fused-ring (bicyclic) bond motifs is 3. The molecule has 0 amide bonds. The van der Waals surface area contributed by atoms with Gasteiger partial charge in [-0.1, -0.05) is 121 Å². The molecule has 11 aromatic rings. The summed E-state index contributed by atoms with van der Waals surface area (Å²) < 4.78 is 87.7. The van der Waals surface area contributed by atoms with Gasteiger partial charge in [-0.05, 0) is 124 Å². The Bertz CT molecular complexity index is 3750. The molecule has 9 aromatic carbocycles. The largest absolute Gasteiger partial charge is 0.416 e. The standard InChI is InChI=1S/C62H35F6N5/c63-61(64,65)49-23-17-40(18-24-49)51-33-48(60-71-55(42-11-3-1-4-12-42)35-56(72-60)43-13-5-2-6-14-43)34-52(41-19-25-50(26-20-41)62(66,67)68)59(51)73-57-27-21-46(44-15-7-9-38(29-44)36-69)31-53(57)54-32-47(22-28-58(54)73)45-16-8-10-39(30-45)37-70/h1-35H. The third-order valence-corrected chi connectivity index (χ3v) is 12.9. The number of rotatable bonds is 8. The zero-order valence-corrected chi connectivity index (χ0v) is 38.2. The summed E-state index contributed by atoms with van der Waals surface area (Å²) in [5.41, 5.74) is 9.05. The Kier molecular flexibility index (Phi) is 11.5. The maximum Gasteiger partial charge on any atom is 0.416 e. The van der Waals surface area contributed by atoms with Crippen LogP contribution in [0.2, 0.25) is 0 Å². The Balaban J connectivity index is 1.27. The molecule has 0 bridgehead atoms. The number of alkyl halides is 6. The van der Waals surface area contributed by atoms with E-state index < -0.39 is 23.5 Å². The minimum absolute atomic E-state index is 0.267. The topological polar surface area (TPSA) is 78.3 Å². The first kappa shape index (κ1) is 45.8. The molecule has 0 unspecified atom stereocenters. The van der Waals surface area contributed by atoms with Crippen LogP contribution in [0.1, 0.15) is 22.3 Å². The number of nitriles is 2. The summed E-state index contributed by atoms with van der Waals surface area (Å²) in [4.78, 5) is 10.2. The maximum atomic E-state index is 14.3. The van der Waals surface area contributed by atoms with E-state index in [0.29, 0.717) is 67.1 Å². The van der Waals surface area contributed by atoms with Gasteiger partial charge in [0.05, 0.1) is 62.5 Å². The molecule has 0 aliphatic heterocycles. The summed E-state index contributed by atoms with van der Waals surface area (Å²) in [6.45, 7) is 0. The fourth-order valence-corrected chi connectivity index (χ4v) is 9.37. The highest BCUT2D eigenvalue weighted by Crippen LogP contribution is 2.46. The fraction of sp³-hybridized carbons (Fsp3) is 0.0323.